The number of benzene rings is 2. The number of carbonyl (C=O) groups excluding carboxylic acids is 3. The van der Waals surface area contributed by atoms with E-state index in [1.807, 2.05) is 19.1 Å². The van der Waals surface area contributed by atoms with E-state index in [-0.39, 0.29) is 12.3 Å². The number of ketones is 1. The monoisotopic (exact) mass is 359 g/mol. The van der Waals surface area contributed by atoms with Crippen LogP contribution in [0.4, 0.5) is 0 Å². The average Bonchev–Trinajstić information content (AvgIpc) is 2.60. The maximum Gasteiger partial charge on any atom is 0.326 e. The molecule has 0 saturated heterocycles. The Morgan fingerprint density at radius 3 is 2.16 bits per heavy atom. The lowest BCUT2D eigenvalue weighted by molar-refractivity contribution is -0.145. The van der Waals surface area contributed by atoms with Gasteiger partial charge in [-0.1, -0.05) is 41.4 Å². The van der Waals surface area contributed by atoms with Gasteiger partial charge < -0.3 is 10.1 Å². The van der Waals surface area contributed by atoms with Crippen molar-refractivity contribution in [2.24, 2.45) is 0 Å². The van der Waals surface area contributed by atoms with Crippen molar-refractivity contribution in [3.63, 3.8) is 0 Å². The second-order valence-corrected chi connectivity index (χ2v) is 5.99. The van der Waals surface area contributed by atoms with Gasteiger partial charge in [0.1, 0.15) is 6.54 Å². The molecule has 0 aliphatic rings. The third kappa shape index (κ3) is 5.43. The molecule has 0 saturated carbocycles. The molecule has 5 nitrogen and oxygen atoms in total. The Balaban J connectivity index is 1.84. The molecule has 0 bridgehead atoms. The Kier molecular flexibility index (Phi) is 6.31. The standard InChI is InChI=1S/C19H18ClNO4/c1-12-3-5-14(6-4-12)18(23)13(2)25-17(22)11-21-19(24)15-7-9-16(20)10-8-15/h3-10,13H,11H2,1-2H3,(H,21,24)/t13-/m0/s1. The highest BCUT2D eigenvalue weighted by molar-refractivity contribution is 6.30. The van der Waals surface area contributed by atoms with E-state index in [4.69, 9.17) is 16.3 Å². The summed E-state index contributed by atoms with van der Waals surface area (Å²) in [5, 5.41) is 2.96. The van der Waals surface area contributed by atoms with Crippen molar-refractivity contribution >= 4 is 29.3 Å². The second kappa shape index (κ2) is 8.44. The zero-order chi connectivity index (χ0) is 18.4. The molecule has 2 aromatic carbocycles. The van der Waals surface area contributed by atoms with Crippen LogP contribution in [0.1, 0.15) is 33.2 Å². The van der Waals surface area contributed by atoms with Crippen molar-refractivity contribution in [2.45, 2.75) is 20.0 Å². The van der Waals surface area contributed by atoms with E-state index in [2.05, 4.69) is 5.32 Å². The molecule has 1 N–H and O–H groups in total. The number of amides is 1. The number of rotatable bonds is 6. The molecule has 2 rings (SSSR count). The van der Waals surface area contributed by atoms with Crippen molar-refractivity contribution in [3.05, 3.63) is 70.2 Å². The predicted molar refractivity (Wildman–Crippen MR) is 94.8 cm³/mol. The maximum atomic E-state index is 12.2. The minimum atomic E-state index is -0.928. The summed E-state index contributed by atoms with van der Waals surface area (Å²) in [5.41, 5.74) is 1.88. The molecule has 0 aromatic heterocycles. The average molecular weight is 360 g/mol. The summed E-state index contributed by atoms with van der Waals surface area (Å²) in [6.07, 6.45) is -0.928. The number of hydrogen-bond donors (Lipinski definition) is 1. The van der Waals surface area contributed by atoms with E-state index in [1.165, 1.54) is 6.92 Å². The molecule has 0 aliphatic heterocycles. The summed E-state index contributed by atoms with van der Waals surface area (Å²) in [4.78, 5) is 35.9. The van der Waals surface area contributed by atoms with Crippen molar-refractivity contribution in [3.8, 4) is 0 Å². The van der Waals surface area contributed by atoms with Gasteiger partial charge in [0.05, 0.1) is 0 Å². The Morgan fingerprint density at radius 1 is 1.00 bits per heavy atom. The van der Waals surface area contributed by atoms with Gasteiger partial charge in [0.25, 0.3) is 5.91 Å². The minimum Gasteiger partial charge on any atom is -0.453 e. The topological polar surface area (TPSA) is 72.5 Å². The van der Waals surface area contributed by atoms with E-state index >= 15 is 0 Å². The van der Waals surface area contributed by atoms with Crippen LogP contribution in [-0.4, -0.2) is 30.3 Å². The van der Waals surface area contributed by atoms with Crippen LogP contribution in [0, 0.1) is 6.92 Å². The van der Waals surface area contributed by atoms with Gasteiger partial charge in [0.15, 0.2) is 6.10 Å². The summed E-state index contributed by atoms with van der Waals surface area (Å²) in [7, 11) is 0. The lowest BCUT2D eigenvalue weighted by atomic mass is 10.1. The quantitative estimate of drug-likeness (QED) is 0.635. The summed E-state index contributed by atoms with van der Waals surface area (Å²) < 4.78 is 5.08. The number of ether oxygens (including phenoxy) is 1. The normalized spacial score (nSPS) is 11.5. The molecule has 0 unspecified atom stereocenters. The highest BCUT2D eigenvalue weighted by atomic mass is 35.5. The van der Waals surface area contributed by atoms with E-state index in [0.717, 1.165) is 5.56 Å². The zero-order valence-corrected chi connectivity index (χ0v) is 14.7. The first-order chi connectivity index (χ1) is 11.9. The van der Waals surface area contributed by atoms with E-state index < -0.39 is 18.0 Å². The summed E-state index contributed by atoms with van der Waals surface area (Å²) in [5.74, 6) is -1.40. The molecule has 0 fully saturated rings. The molecule has 0 radical (unpaired) electrons. The van der Waals surface area contributed by atoms with E-state index in [0.29, 0.717) is 16.1 Å². The number of carbonyl (C=O) groups is 3. The van der Waals surface area contributed by atoms with Gasteiger partial charge in [-0.15, -0.1) is 0 Å². The molecule has 0 aliphatic carbocycles. The SMILES string of the molecule is Cc1ccc(C(=O)[C@H](C)OC(=O)CNC(=O)c2ccc(Cl)cc2)cc1. The van der Waals surface area contributed by atoms with Crippen LogP contribution < -0.4 is 5.32 Å². The van der Waals surface area contributed by atoms with Crippen molar-refractivity contribution in [1.82, 2.24) is 5.32 Å². The van der Waals surface area contributed by atoms with Gasteiger partial charge in [-0.25, -0.2) is 0 Å². The van der Waals surface area contributed by atoms with Crippen LogP contribution in [0.15, 0.2) is 48.5 Å². The smallest absolute Gasteiger partial charge is 0.326 e. The fourth-order valence-electron chi connectivity index (χ4n) is 2.10. The van der Waals surface area contributed by atoms with Gasteiger partial charge in [-0.3, -0.25) is 14.4 Å². The predicted octanol–water partition coefficient (Wildman–Crippen LogP) is 3.19. The van der Waals surface area contributed by atoms with Gasteiger partial charge in [0, 0.05) is 16.1 Å². The zero-order valence-electron chi connectivity index (χ0n) is 13.9. The Labute approximate surface area is 150 Å². The molecule has 2 aromatic rings. The summed E-state index contributed by atoms with van der Waals surface area (Å²) >= 11 is 5.75. The molecular weight excluding hydrogens is 342 g/mol. The molecule has 1 amide bonds. The van der Waals surface area contributed by atoms with E-state index in [1.54, 1.807) is 36.4 Å². The number of esters is 1. The molecule has 0 spiro atoms. The van der Waals surface area contributed by atoms with Crippen molar-refractivity contribution < 1.29 is 19.1 Å². The highest BCUT2D eigenvalue weighted by Gasteiger charge is 2.19. The van der Waals surface area contributed by atoms with Crippen LogP contribution in [0.5, 0.6) is 0 Å². The Bertz CT molecular complexity index is 769. The first-order valence-electron chi connectivity index (χ1n) is 7.71. The first kappa shape index (κ1) is 18.7. The molecular formula is C19H18ClNO4. The maximum absolute atomic E-state index is 12.2. The third-order valence-corrected chi connectivity index (χ3v) is 3.77. The Morgan fingerprint density at radius 2 is 1.56 bits per heavy atom. The lowest BCUT2D eigenvalue weighted by Gasteiger charge is -2.13. The minimum absolute atomic E-state index is 0.294. The summed E-state index contributed by atoms with van der Waals surface area (Å²) in [6, 6.07) is 13.3. The van der Waals surface area contributed by atoms with Crippen LogP contribution >= 0.6 is 11.6 Å². The second-order valence-electron chi connectivity index (χ2n) is 5.55. The molecule has 1 atom stereocenters. The largest absolute Gasteiger partial charge is 0.453 e. The number of aryl methyl sites for hydroxylation is 1. The van der Waals surface area contributed by atoms with Gasteiger partial charge >= 0.3 is 5.97 Å². The number of hydrogen-bond acceptors (Lipinski definition) is 4. The van der Waals surface area contributed by atoms with Crippen molar-refractivity contribution in [2.75, 3.05) is 6.54 Å². The molecule has 0 heterocycles. The lowest BCUT2D eigenvalue weighted by Crippen LogP contribution is -2.34. The van der Waals surface area contributed by atoms with Gasteiger partial charge in [0.2, 0.25) is 5.78 Å². The van der Waals surface area contributed by atoms with Gasteiger partial charge in [-0.05, 0) is 38.1 Å². The summed E-state index contributed by atoms with van der Waals surface area (Å²) in [6.45, 7) is 3.09. The Hall–Kier alpha value is -2.66. The van der Waals surface area contributed by atoms with Crippen LogP contribution in [-0.2, 0) is 9.53 Å². The van der Waals surface area contributed by atoms with E-state index in [9.17, 15) is 14.4 Å². The van der Waals surface area contributed by atoms with Crippen LogP contribution in [0.3, 0.4) is 0 Å². The first-order valence-corrected chi connectivity index (χ1v) is 8.09. The molecule has 6 heteroatoms. The fourth-order valence-corrected chi connectivity index (χ4v) is 2.23. The number of halogens is 1. The van der Waals surface area contributed by atoms with Crippen molar-refractivity contribution in [1.29, 1.82) is 0 Å². The molecule has 25 heavy (non-hydrogen) atoms. The van der Waals surface area contributed by atoms with Gasteiger partial charge in [-0.2, -0.15) is 0 Å². The fraction of sp³-hybridized carbons (Fsp3) is 0.211. The molecule has 130 valence electrons. The van der Waals surface area contributed by atoms with Crippen LogP contribution in [0.2, 0.25) is 5.02 Å². The number of nitrogens with one attached hydrogen (secondary N) is 1. The van der Waals surface area contributed by atoms with Crippen LogP contribution in [0.25, 0.3) is 0 Å². The highest BCUT2D eigenvalue weighted by Crippen LogP contribution is 2.10. The number of Topliss-reactive ketones (excluding diaryl/α,β-unsaturated/α-hetero) is 1. The third-order valence-electron chi connectivity index (χ3n) is 3.51.